The third-order valence-corrected chi connectivity index (χ3v) is 2.59. The highest BCUT2D eigenvalue weighted by atomic mass is 35.5. The summed E-state index contributed by atoms with van der Waals surface area (Å²) in [6, 6.07) is 3.68. The molecule has 0 unspecified atom stereocenters. The fraction of sp³-hybridized carbons (Fsp3) is 0.556. The summed E-state index contributed by atoms with van der Waals surface area (Å²) in [5.41, 5.74) is 6.04. The molecule has 2 nitrogen and oxygen atoms in total. The number of nitrogens with two attached hydrogens (primary N) is 1. The van der Waals surface area contributed by atoms with E-state index in [1.807, 2.05) is 6.07 Å². The number of hydrogen-bond donors (Lipinski definition) is 1. The zero-order valence-electron chi connectivity index (χ0n) is 6.85. The van der Waals surface area contributed by atoms with Gasteiger partial charge in [0.2, 0.25) is 0 Å². The maximum Gasteiger partial charge on any atom is 0.193 e. The van der Waals surface area contributed by atoms with Crippen LogP contribution >= 0.6 is 11.6 Å². The molecule has 0 spiro atoms. The van der Waals surface area contributed by atoms with Gasteiger partial charge in [0.05, 0.1) is 0 Å². The van der Waals surface area contributed by atoms with E-state index in [0.717, 1.165) is 31.4 Å². The van der Waals surface area contributed by atoms with Crippen molar-refractivity contribution < 1.29 is 4.42 Å². The van der Waals surface area contributed by atoms with Gasteiger partial charge in [-0.15, -0.1) is 0 Å². The van der Waals surface area contributed by atoms with Crippen LogP contribution in [0.15, 0.2) is 16.5 Å². The molecule has 0 aromatic carbocycles. The van der Waals surface area contributed by atoms with Gasteiger partial charge in [-0.2, -0.15) is 0 Å². The molecule has 3 heteroatoms. The van der Waals surface area contributed by atoms with E-state index in [1.165, 1.54) is 0 Å². The van der Waals surface area contributed by atoms with Crippen molar-refractivity contribution in [1.82, 2.24) is 0 Å². The van der Waals surface area contributed by atoms with E-state index in [4.69, 9.17) is 21.8 Å². The number of halogens is 1. The molecule has 0 atom stereocenters. The summed E-state index contributed by atoms with van der Waals surface area (Å²) >= 11 is 5.63. The maximum atomic E-state index is 5.93. The fourth-order valence-corrected chi connectivity index (χ4v) is 1.43. The highest BCUT2D eigenvalue weighted by Gasteiger charge is 2.37. The van der Waals surface area contributed by atoms with Crippen LogP contribution in [-0.2, 0) is 6.42 Å². The van der Waals surface area contributed by atoms with Gasteiger partial charge in [-0.3, -0.25) is 0 Å². The van der Waals surface area contributed by atoms with Gasteiger partial charge < -0.3 is 10.2 Å². The lowest BCUT2D eigenvalue weighted by Crippen LogP contribution is -2.21. The summed E-state index contributed by atoms with van der Waals surface area (Å²) in [6.07, 6.45) is 4.23. The number of aryl methyl sites for hydroxylation is 1. The molecule has 0 radical (unpaired) electrons. The van der Waals surface area contributed by atoms with Crippen LogP contribution in [0.4, 0.5) is 0 Å². The first-order valence-electron chi connectivity index (χ1n) is 4.21. The molecule has 2 rings (SSSR count). The minimum absolute atomic E-state index is 0.110. The minimum atomic E-state index is 0.110. The van der Waals surface area contributed by atoms with Crippen molar-refractivity contribution in [3.8, 4) is 0 Å². The van der Waals surface area contributed by atoms with E-state index in [1.54, 1.807) is 6.07 Å². The molecule has 66 valence electrons. The molecule has 0 aliphatic heterocycles. The summed E-state index contributed by atoms with van der Waals surface area (Å²) in [5.74, 6) is 0.941. The smallest absolute Gasteiger partial charge is 0.193 e. The third kappa shape index (κ3) is 1.82. The molecule has 1 saturated carbocycles. The van der Waals surface area contributed by atoms with Crippen molar-refractivity contribution in [2.24, 2.45) is 5.73 Å². The van der Waals surface area contributed by atoms with Crippen molar-refractivity contribution in [1.29, 1.82) is 0 Å². The normalized spacial score (nSPS) is 19.5. The summed E-state index contributed by atoms with van der Waals surface area (Å²) in [5, 5.41) is 0.465. The Bertz CT molecular complexity index is 278. The molecule has 1 fully saturated rings. The van der Waals surface area contributed by atoms with Crippen LogP contribution in [-0.4, -0.2) is 5.54 Å². The Hall–Kier alpha value is -0.470. The van der Waals surface area contributed by atoms with Crippen LogP contribution in [0, 0.1) is 0 Å². The lowest BCUT2D eigenvalue weighted by Gasteiger charge is -2.04. The van der Waals surface area contributed by atoms with Gasteiger partial charge >= 0.3 is 0 Å². The molecule has 2 N–H and O–H groups in total. The summed E-state index contributed by atoms with van der Waals surface area (Å²) in [6.45, 7) is 0. The summed E-state index contributed by atoms with van der Waals surface area (Å²) < 4.78 is 5.22. The Morgan fingerprint density at radius 1 is 1.50 bits per heavy atom. The Morgan fingerprint density at radius 2 is 2.25 bits per heavy atom. The van der Waals surface area contributed by atoms with Crippen LogP contribution in [0.2, 0.25) is 5.22 Å². The Kier molecular flexibility index (Phi) is 1.89. The van der Waals surface area contributed by atoms with Gasteiger partial charge in [0.15, 0.2) is 5.22 Å². The van der Waals surface area contributed by atoms with Crippen molar-refractivity contribution in [3.63, 3.8) is 0 Å². The van der Waals surface area contributed by atoms with Crippen molar-refractivity contribution in [2.75, 3.05) is 0 Å². The molecule has 0 amide bonds. The van der Waals surface area contributed by atoms with E-state index < -0.39 is 0 Å². The number of furan rings is 1. The molecule has 1 heterocycles. The molecule has 1 aromatic heterocycles. The quantitative estimate of drug-likeness (QED) is 0.785. The Labute approximate surface area is 76.7 Å². The zero-order chi connectivity index (χ0) is 8.60. The lowest BCUT2D eigenvalue weighted by molar-refractivity contribution is 0.482. The Balaban J connectivity index is 1.87. The van der Waals surface area contributed by atoms with Gasteiger partial charge in [-0.1, -0.05) is 0 Å². The molecule has 0 bridgehead atoms. The van der Waals surface area contributed by atoms with Crippen LogP contribution in [0.5, 0.6) is 0 Å². The van der Waals surface area contributed by atoms with Crippen molar-refractivity contribution >= 4 is 11.6 Å². The van der Waals surface area contributed by atoms with E-state index in [9.17, 15) is 0 Å². The van der Waals surface area contributed by atoms with Crippen LogP contribution in [0.3, 0.4) is 0 Å². The van der Waals surface area contributed by atoms with Gasteiger partial charge in [0, 0.05) is 12.0 Å². The highest BCUT2D eigenvalue weighted by Crippen LogP contribution is 2.36. The SMILES string of the molecule is NC1(CCc2ccc(Cl)o2)CC1. The molecule has 0 saturated heterocycles. The maximum absolute atomic E-state index is 5.93. The second kappa shape index (κ2) is 2.79. The topological polar surface area (TPSA) is 39.2 Å². The predicted octanol–water partition coefficient (Wildman–Crippen LogP) is 2.36. The molecule has 1 aliphatic rings. The first-order chi connectivity index (χ1) is 5.68. The van der Waals surface area contributed by atoms with E-state index in [2.05, 4.69) is 0 Å². The highest BCUT2D eigenvalue weighted by molar-refractivity contribution is 6.28. The van der Waals surface area contributed by atoms with Gasteiger partial charge in [0.25, 0.3) is 0 Å². The molecular weight excluding hydrogens is 174 g/mol. The first kappa shape index (κ1) is 8.14. The lowest BCUT2D eigenvalue weighted by atomic mass is 10.1. The predicted molar refractivity (Wildman–Crippen MR) is 48.2 cm³/mol. The second-order valence-corrected chi connectivity index (χ2v) is 3.94. The summed E-state index contributed by atoms with van der Waals surface area (Å²) in [7, 11) is 0. The van der Waals surface area contributed by atoms with Crippen molar-refractivity contribution in [3.05, 3.63) is 23.1 Å². The molecule has 1 aliphatic carbocycles. The Morgan fingerprint density at radius 3 is 2.75 bits per heavy atom. The monoisotopic (exact) mass is 185 g/mol. The van der Waals surface area contributed by atoms with E-state index in [0.29, 0.717) is 5.22 Å². The van der Waals surface area contributed by atoms with Crippen LogP contribution in [0.25, 0.3) is 0 Å². The zero-order valence-corrected chi connectivity index (χ0v) is 7.60. The second-order valence-electron chi connectivity index (χ2n) is 3.57. The van der Waals surface area contributed by atoms with Gasteiger partial charge in [-0.25, -0.2) is 0 Å². The third-order valence-electron chi connectivity index (χ3n) is 2.39. The van der Waals surface area contributed by atoms with Gasteiger partial charge in [-0.05, 0) is 43.0 Å². The van der Waals surface area contributed by atoms with E-state index >= 15 is 0 Å². The largest absolute Gasteiger partial charge is 0.450 e. The fourth-order valence-electron chi connectivity index (χ4n) is 1.27. The van der Waals surface area contributed by atoms with Crippen molar-refractivity contribution in [2.45, 2.75) is 31.2 Å². The molecule has 1 aromatic rings. The standard InChI is InChI=1S/C9H12ClNO/c10-8-2-1-7(12-8)3-4-9(11)5-6-9/h1-2H,3-6,11H2. The first-order valence-corrected chi connectivity index (χ1v) is 4.59. The van der Waals surface area contributed by atoms with Gasteiger partial charge in [0.1, 0.15) is 5.76 Å². The average Bonchev–Trinajstić information content (AvgIpc) is 2.60. The average molecular weight is 186 g/mol. The number of rotatable bonds is 3. The van der Waals surface area contributed by atoms with Crippen LogP contribution in [0.1, 0.15) is 25.0 Å². The number of hydrogen-bond acceptors (Lipinski definition) is 2. The molecule has 12 heavy (non-hydrogen) atoms. The van der Waals surface area contributed by atoms with Crippen LogP contribution < -0.4 is 5.73 Å². The summed E-state index contributed by atoms with van der Waals surface area (Å²) in [4.78, 5) is 0. The minimum Gasteiger partial charge on any atom is -0.450 e. The molecular formula is C9H12ClNO. The van der Waals surface area contributed by atoms with E-state index in [-0.39, 0.29) is 5.54 Å².